The lowest BCUT2D eigenvalue weighted by Gasteiger charge is -2.11. The molecule has 0 atom stereocenters. The van der Waals surface area contributed by atoms with Gasteiger partial charge in [0.2, 0.25) is 0 Å². The van der Waals surface area contributed by atoms with Crippen LogP contribution >= 0.6 is 11.3 Å². The third kappa shape index (κ3) is 6.20. The molecule has 0 unspecified atom stereocenters. The summed E-state index contributed by atoms with van der Waals surface area (Å²) in [7, 11) is 0. The molecule has 0 amide bonds. The van der Waals surface area contributed by atoms with Crippen molar-refractivity contribution >= 4 is 17.3 Å². The highest BCUT2D eigenvalue weighted by Gasteiger charge is 2.03. The third-order valence-electron chi connectivity index (χ3n) is 4.24. The zero-order chi connectivity index (χ0) is 19.6. The third-order valence-corrected chi connectivity index (χ3v) is 5.44. The van der Waals surface area contributed by atoms with Gasteiger partial charge in [0.25, 0.3) is 0 Å². The number of rotatable bonds is 9. The number of nitrogens with one attached hydrogen (secondary N) is 2. The van der Waals surface area contributed by atoms with Crippen LogP contribution in [0.15, 0.2) is 53.9 Å². The summed E-state index contributed by atoms with van der Waals surface area (Å²) in [6, 6.07) is 10.4. The smallest absolute Gasteiger partial charge is 0.191 e. The Balaban J connectivity index is 1.54. The second-order valence-electron chi connectivity index (χ2n) is 6.47. The van der Waals surface area contributed by atoms with E-state index in [-0.39, 0.29) is 0 Å². The molecule has 148 valence electrons. The molecule has 0 spiro atoms. The lowest BCUT2D eigenvalue weighted by molar-refractivity contribution is 0.686. The fourth-order valence-electron chi connectivity index (χ4n) is 2.83. The van der Waals surface area contributed by atoms with E-state index in [1.54, 1.807) is 17.5 Å². The van der Waals surface area contributed by atoms with Crippen molar-refractivity contribution in [1.82, 2.24) is 25.4 Å². The number of hydrogen-bond donors (Lipinski definition) is 2. The molecule has 0 fully saturated rings. The molecule has 7 heteroatoms. The Bertz CT molecular complexity index is 869. The van der Waals surface area contributed by atoms with E-state index in [9.17, 15) is 0 Å². The van der Waals surface area contributed by atoms with Crippen LogP contribution in [0.1, 0.15) is 34.9 Å². The summed E-state index contributed by atoms with van der Waals surface area (Å²) in [5.41, 5.74) is 2.42. The van der Waals surface area contributed by atoms with Gasteiger partial charge in [-0.3, -0.25) is 4.68 Å². The fraction of sp³-hybridized carbons (Fsp3) is 0.381. The molecular weight excluding hydrogens is 368 g/mol. The number of aliphatic imine (C=N–C) groups is 1. The molecule has 2 N–H and O–H groups in total. The van der Waals surface area contributed by atoms with Crippen LogP contribution in [0.5, 0.6) is 0 Å². The van der Waals surface area contributed by atoms with Gasteiger partial charge in [0.1, 0.15) is 0 Å². The molecule has 0 saturated carbocycles. The zero-order valence-electron chi connectivity index (χ0n) is 16.6. The second kappa shape index (κ2) is 10.6. The molecular formula is C21H28N6S. The van der Waals surface area contributed by atoms with Gasteiger partial charge < -0.3 is 10.6 Å². The first-order chi connectivity index (χ1) is 13.8. The van der Waals surface area contributed by atoms with Crippen molar-refractivity contribution in [3.8, 4) is 0 Å². The highest BCUT2D eigenvalue weighted by Crippen LogP contribution is 2.13. The van der Waals surface area contributed by atoms with Crippen LogP contribution in [0, 0.1) is 0 Å². The summed E-state index contributed by atoms with van der Waals surface area (Å²) in [6.45, 7) is 7.31. The van der Waals surface area contributed by atoms with Gasteiger partial charge >= 0.3 is 0 Å². The molecule has 0 saturated heterocycles. The molecule has 0 bridgehead atoms. The van der Waals surface area contributed by atoms with Gasteiger partial charge in [0.05, 0.1) is 18.1 Å². The maximum absolute atomic E-state index is 4.73. The van der Waals surface area contributed by atoms with Gasteiger partial charge in [0.15, 0.2) is 5.96 Å². The Labute approximate surface area is 170 Å². The molecule has 28 heavy (non-hydrogen) atoms. The van der Waals surface area contributed by atoms with E-state index in [0.29, 0.717) is 6.54 Å². The van der Waals surface area contributed by atoms with Crippen molar-refractivity contribution in [1.29, 1.82) is 0 Å². The average molecular weight is 397 g/mol. The van der Waals surface area contributed by atoms with E-state index in [2.05, 4.69) is 58.8 Å². The zero-order valence-corrected chi connectivity index (χ0v) is 17.4. The number of hydrogen-bond acceptors (Lipinski definition) is 4. The van der Waals surface area contributed by atoms with Crippen molar-refractivity contribution in [3.05, 3.63) is 69.9 Å². The summed E-state index contributed by atoms with van der Waals surface area (Å²) in [5, 5.41) is 12.2. The van der Waals surface area contributed by atoms with Crippen LogP contribution in [0.4, 0.5) is 0 Å². The first kappa shape index (κ1) is 20.1. The predicted molar refractivity (Wildman–Crippen MR) is 116 cm³/mol. The van der Waals surface area contributed by atoms with Crippen molar-refractivity contribution < 1.29 is 0 Å². The average Bonchev–Trinajstić information content (AvgIpc) is 3.38. The van der Waals surface area contributed by atoms with Gasteiger partial charge in [0, 0.05) is 43.0 Å². The minimum absolute atomic E-state index is 0.638. The highest BCUT2D eigenvalue weighted by atomic mass is 32.1. The SMILES string of the molecule is CCNC(=NCc1cccc(Cn2cccn2)c1)NCCc1ncc(CC)s1. The van der Waals surface area contributed by atoms with E-state index in [4.69, 9.17) is 4.99 Å². The number of benzene rings is 1. The van der Waals surface area contributed by atoms with Crippen molar-refractivity contribution in [2.45, 2.75) is 39.8 Å². The molecule has 0 aliphatic rings. The standard InChI is InChI=1S/C21H28N6S/c1-3-19-15-24-20(28-19)9-11-23-21(22-4-2)25-14-17-7-5-8-18(13-17)16-27-12-6-10-26-27/h5-8,10,12-13,15H,3-4,9,11,14,16H2,1-2H3,(H2,22,23,25). The van der Waals surface area contributed by atoms with Crippen LogP contribution in [0.25, 0.3) is 0 Å². The Morgan fingerprint density at radius 3 is 2.82 bits per heavy atom. The minimum Gasteiger partial charge on any atom is -0.357 e. The number of thiazole rings is 1. The lowest BCUT2D eigenvalue weighted by Crippen LogP contribution is -2.38. The summed E-state index contributed by atoms with van der Waals surface area (Å²) in [5.74, 6) is 0.840. The van der Waals surface area contributed by atoms with E-state index in [1.807, 2.05) is 23.1 Å². The van der Waals surface area contributed by atoms with Crippen molar-refractivity contribution in [2.24, 2.45) is 4.99 Å². The summed E-state index contributed by atoms with van der Waals surface area (Å²) < 4.78 is 1.93. The molecule has 0 aliphatic heterocycles. The molecule has 1 aromatic carbocycles. The normalized spacial score (nSPS) is 11.6. The number of aryl methyl sites for hydroxylation is 1. The quantitative estimate of drug-likeness (QED) is 0.430. The van der Waals surface area contributed by atoms with Crippen LogP contribution in [0.2, 0.25) is 0 Å². The topological polar surface area (TPSA) is 67.1 Å². The van der Waals surface area contributed by atoms with Crippen LogP contribution in [-0.2, 0) is 25.9 Å². The molecule has 3 rings (SSSR count). The molecule has 0 radical (unpaired) electrons. The van der Waals surface area contributed by atoms with E-state index in [0.717, 1.165) is 38.4 Å². The Morgan fingerprint density at radius 1 is 1.18 bits per heavy atom. The largest absolute Gasteiger partial charge is 0.357 e. The minimum atomic E-state index is 0.638. The van der Waals surface area contributed by atoms with Crippen molar-refractivity contribution in [2.75, 3.05) is 13.1 Å². The van der Waals surface area contributed by atoms with E-state index >= 15 is 0 Å². The fourth-order valence-corrected chi connectivity index (χ4v) is 3.70. The van der Waals surface area contributed by atoms with E-state index in [1.165, 1.54) is 21.0 Å². The van der Waals surface area contributed by atoms with Gasteiger partial charge in [-0.2, -0.15) is 5.10 Å². The molecule has 2 aromatic heterocycles. The Morgan fingerprint density at radius 2 is 2.07 bits per heavy atom. The van der Waals surface area contributed by atoms with Crippen LogP contribution < -0.4 is 10.6 Å². The monoisotopic (exact) mass is 396 g/mol. The first-order valence-corrected chi connectivity index (χ1v) is 10.6. The second-order valence-corrected chi connectivity index (χ2v) is 7.67. The van der Waals surface area contributed by atoms with Gasteiger partial charge in [-0.05, 0) is 30.5 Å². The summed E-state index contributed by atoms with van der Waals surface area (Å²) in [4.78, 5) is 10.5. The maximum Gasteiger partial charge on any atom is 0.191 e. The maximum atomic E-state index is 4.73. The van der Waals surface area contributed by atoms with Gasteiger partial charge in [-0.1, -0.05) is 31.2 Å². The summed E-state index contributed by atoms with van der Waals surface area (Å²) >= 11 is 1.79. The van der Waals surface area contributed by atoms with Crippen LogP contribution in [0.3, 0.4) is 0 Å². The molecule has 2 heterocycles. The summed E-state index contributed by atoms with van der Waals surface area (Å²) in [6.07, 6.45) is 7.72. The van der Waals surface area contributed by atoms with Gasteiger partial charge in [-0.15, -0.1) is 11.3 Å². The Kier molecular flexibility index (Phi) is 7.61. The first-order valence-electron chi connectivity index (χ1n) is 9.77. The lowest BCUT2D eigenvalue weighted by atomic mass is 10.1. The number of guanidine groups is 1. The molecule has 0 aliphatic carbocycles. The molecule has 3 aromatic rings. The van der Waals surface area contributed by atoms with Crippen molar-refractivity contribution in [3.63, 3.8) is 0 Å². The predicted octanol–water partition coefficient (Wildman–Crippen LogP) is 3.25. The highest BCUT2D eigenvalue weighted by molar-refractivity contribution is 7.11. The van der Waals surface area contributed by atoms with Gasteiger partial charge in [-0.25, -0.2) is 9.98 Å². The van der Waals surface area contributed by atoms with E-state index < -0.39 is 0 Å². The number of aromatic nitrogens is 3. The van der Waals surface area contributed by atoms with Crippen LogP contribution in [-0.4, -0.2) is 33.8 Å². The number of nitrogens with zero attached hydrogens (tertiary/aromatic N) is 4. The Hall–Kier alpha value is -2.67. The molecule has 6 nitrogen and oxygen atoms in total.